The summed E-state index contributed by atoms with van der Waals surface area (Å²) in [7, 11) is 0. The molecule has 0 fully saturated rings. The monoisotopic (exact) mass is 348 g/mol. The van der Waals surface area contributed by atoms with Gasteiger partial charge in [0.25, 0.3) is 5.56 Å². The van der Waals surface area contributed by atoms with Gasteiger partial charge in [-0.25, -0.2) is 13.9 Å². The Hall–Kier alpha value is -2.73. The molecule has 0 bridgehead atoms. The van der Waals surface area contributed by atoms with E-state index < -0.39 is 28.5 Å². The smallest absolute Gasteiger partial charge is 0.272 e. The standard InChI is InChI=1S/C17H11ClF2N2O2/c1-8-14(9-2-4-10(18)5-3-9)16(17(24)22-21-8)15-12(19)6-11(23)7-13(15)20/h2-7,23H,1H3,(H,22,24). The Morgan fingerprint density at radius 2 is 1.62 bits per heavy atom. The summed E-state index contributed by atoms with van der Waals surface area (Å²) in [6.45, 7) is 1.61. The van der Waals surface area contributed by atoms with E-state index in [4.69, 9.17) is 11.6 Å². The number of aromatic hydroxyl groups is 1. The molecule has 4 nitrogen and oxygen atoms in total. The highest BCUT2D eigenvalue weighted by molar-refractivity contribution is 6.30. The maximum Gasteiger partial charge on any atom is 0.272 e. The number of phenols is 1. The number of benzene rings is 2. The Bertz CT molecular complexity index is 962. The molecule has 3 rings (SSSR count). The van der Waals surface area contributed by atoms with E-state index in [0.29, 0.717) is 21.8 Å². The summed E-state index contributed by atoms with van der Waals surface area (Å²) >= 11 is 5.86. The number of H-pyrrole nitrogens is 1. The molecule has 3 aromatic rings. The minimum atomic E-state index is -1.04. The molecule has 0 amide bonds. The molecule has 0 aliphatic heterocycles. The lowest BCUT2D eigenvalue weighted by Crippen LogP contribution is -2.15. The second-order valence-electron chi connectivity index (χ2n) is 5.18. The van der Waals surface area contributed by atoms with Crippen LogP contribution in [0.15, 0.2) is 41.2 Å². The van der Waals surface area contributed by atoms with Gasteiger partial charge in [0.1, 0.15) is 17.4 Å². The number of nitrogens with one attached hydrogen (secondary N) is 1. The molecule has 1 aromatic heterocycles. The van der Waals surface area contributed by atoms with E-state index in [1.165, 1.54) is 0 Å². The summed E-state index contributed by atoms with van der Waals surface area (Å²) in [5.41, 5.74) is -0.242. The van der Waals surface area contributed by atoms with Gasteiger partial charge in [0.2, 0.25) is 0 Å². The highest BCUT2D eigenvalue weighted by Crippen LogP contribution is 2.35. The van der Waals surface area contributed by atoms with E-state index in [2.05, 4.69) is 10.2 Å². The number of phenolic OH excluding ortho intramolecular Hbond substituents is 1. The average molecular weight is 349 g/mol. The maximum absolute atomic E-state index is 14.3. The average Bonchev–Trinajstić information content (AvgIpc) is 2.51. The molecule has 7 heteroatoms. The highest BCUT2D eigenvalue weighted by atomic mass is 35.5. The number of halogens is 3. The van der Waals surface area contributed by atoms with Crippen LogP contribution in [0.5, 0.6) is 5.75 Å². The van der Waals surface area contributed by atoms with Gasteiger partial charge in [0, 0.05) is 22.7 Å². The van der Waals surface area contributed by atoms with E-state index in [1.807, 2.05) is 0 Å². The van der Waals surface area contributed by atoms with Crippen LogP contribution in [0.4, 0.5) is 8.78 Å². The molecule has 24 heavy (non-hydrogen) atoms. The fourth-order valence-electron chi connectivity index (χ4n) is 2.55. The Kier molecular flexibility index (Phi) is 4.07. The minimum Gasteiger partial charge on any atom is -0.508 e. The van der Waals surface area contributed by atoms with Crippen molar-refractivity contribution in [3.63, 3.8) is 0 Å². The number of hydrogen-bond acceptors (Lipinski definition) is 3. The van der Waals surface area contributed by atoms with Crippen LogP contribution < -0.4 is 5.56 Å². The van der Waals surface area contributed by atoms with Crippen LogP contribution >= 0.6 is 11.6 Å². The lowest BCUT2D eigenvalue weighted by molar-refractivity contribution is 0.461. The van der Waals surface area contributed by atoms with Gasteiger partial charge >= 0.3 is 0 Å². The SMILES string of the molecule is Cc1n[nH]c(=O)c(-c2c(F)cc(O)cc2F)c1-c1ccc(Cl)cc1. The van der Waals surface area contributed by atoms with Gasteiger partial charge in [0.15, 0.2) is 0 Å². The van der Waals surface area contributed by atoms with Crippen LogP contribution in [0.25, 0.3) is 22.3 Å². The number of rotatable bonds is 2. The normalized spacial score (nSPS) is 10.8. The lowest BCUT2D eigenvalue weighted by atomic mass is 9.94. The number of hydrogen-bond donors (Lipinski definition) is 2. The Labute approximate surface area is 140 Å². The number of aromatic nitrogens is 2. The third-order valence-electron chi connectivity index (χ3n) is 3.57. The van der Waals surface area contributed by atoms with Gasteiger partial charge < -0.3 is 5.11 Å². The highest BCUT2D eigenvalue weighted by Gasteiger charge is 2.22. The first kappa shape index (κ1) is 16.1. The molecule has 0 aliphatic carbocycles. The molecule has 122 valence electrons. The van der Waals surface area contributed by atoms with Crippen LogP contribution in [0.3, 0.4) is 0 Å². The molecule has 0 saturated carbocycles. The van der Waals surface area contributed by atoms with Crippen LogP contribution in [0.1, 0.15) is 5.69 Å². The summed E-state index contributed by atoms with van der Waals surface area (Å²) in [6.07, 6.45) is 0. The minimum absolute atomic E-state index is 0.195. The van der Waals surface area contributed by atoms with Gasteiger partial charge in [0.05, 0.1) is 16.8 Å². The molecule has 0 radical (unpaired) electrons. The zero-order valence-corrected chi connectivity index (χ0v) is 13.2. The van der Waals surface area contributed by atoms with Gasteiger partial charge in [-0.2, -0.15) is 5.10 Å². The largest absolute Gasteiger partial charge is 0.508 e. The van der Waals surface area contributed by atoms with Crippen molar-refractivity contribution in [1.82, 2.24) is 10.2 Å². The number of aryl methyl sites for hydroxylation is 1. The van der Waals surface area contributed by atoms with Crippen molar-refractivity contribution in [3.8, 4) is 28.0 Å². The van der Waals surface area contributed by atoms with Crippen LogP contribution in [0, 0.1) is 18.6 Å². The van der Waals surface area contributed by atoms with Crippen LogP contribution in [-0.4, -0.2) is 15.3 Å². The molecule has 0 aliphatic rings. The Morgan fingerprint density at radius 3 is 2.21 bits per heavy atom. The molecule has 1 heterocycles. The Balaban J connectivity index is 2.40. The van der Waals surface area contributed by atoms with Gasteiger partial charge in [-0.15, -0.1) is 0 Å². The third-order valence-corrected chi connectivity index (χ3v) is 3.83. The summed E-state index contributed by atoms with van der Waals surface area (Å²) in [4.78, 5) is 12.3. The summed E-state index contributed by atoms with van der Waals surface area (Å²) < 4.78 is 28.5. The molecule has 0 spiro atoms. The van der Waals surface area contributed by atoms with Crippen LogP contribution in [-0.2, 0) is 0 Å². The fourth-order valence-corrected chi connectivity index (χ4v) is 2.67. The van der Waals surface area contributed by atoms with Gasteiger partial charge in [-0.3, -0.25) is 4.79 Å². The first-order valence-electron chi connectivity index (χ1n) is 6.92. The maximum atomic E-state index is 14.3. The van der Waals surface area contributed by atoms with E-state index in [0.717, 1.165) is 12.1 Å². The van der Waals surface area contributed by atoms with Crippen molar-refractivity contribution < 1.29 is 13.9 Å². The molecule has 2 aromatic carbocycles. The van der Waals surface area contributed by atoms with Crippen molar-refractivity contribution in [3.05, 3.63) is 69.1 Å². The van der Waals surface area contributed by atoms with E-state index in [-0.39, 0.29) is 5.56 Å². The number of nitrogens with zero attached hydrogens (tertiary/aromatic N) is 1. The van der Waals surface area contributed by atoms with Crippen molar-refractivity contribution in [2.24, 2.45) is 0 Å². The van der Waals surface area contributed by atoms with Crippen molar-refractivity contribution in [1.29, 1.82) is 0 Å². The molecule has 0 atom stereocenters. The molecular weight excluding hydrogens is 338 g/mol. The van der Waals surface area contributed by atoms with E-state index in [1.54, 1.807) is 31.2 Å². The lowest BCUT2D eigenvalue weighted by Gasteiger charge is -2.13. The summed E-state index contributed by atoms with van der Waals surface area (Å²) in [6, 6.07) is 7.96. The Morgan fingerprint density at radius 1 is 1.04 bits per heavy atom. The molecule has 0 unspecified atom stereocenters. The second-order valence-corrected chi connectivity index (χ2v) is 5.62. The predicted octanol–water partition coefficient (Wildman–Crippen LogP) is 4.05. The van der Waals surface area contributed by atoms with Crippen molar-refractivity contribution in [2.45, 2.75) is 6.92 Å². The molecular formula is C17H11ClF2N2O2. The number of aromatic amines is 1. The zero-order chi connectivity index (χ0) is 17.4. The quantitative estimate of drug-likeness (QED) is 0.734. The van der Waals surface area contributed by atoms with Crippen LogP contribution in [0.2, 0.25) is 5.02 Å². The van der Waals surface area contributed by atoms with Gasteiger partial charge in [-0.1, -0.05) is 23.7 Å². The third kappa shape index (κ3) is 2.76. The summed E-state index contributed by atoms with van der Waals surface area (Å²) in [5.74, 6) is -2.65. The molecule has 0 saturated heterocycles. The molecule has 2 N–H and O–H groups in total. The first-order valence-corrected chi connectivity index (χ1v) is 7.30. The first-order chi connectivity index (χ1) is 11.4. The predicted molar refractivity (Wildman–Crippen MR) is 87.1 cm³/mol. The van der Waals surface area contributed by atoms with E-state index in [9.17, 15) is 18.7 Å². The second kappa shape index (κ2) is 6.05. The summed E-state index contributed by atoms with van der Waals surface area (Å²) in [5, 5.41) is 15.9. The van der Waals surface area contributed by atoms with Crippen molar-refractivity contribution in [2.75, 3.05) is 0 Å². The van der Waals surface area contributed by atoms with Crippen molar-refractivity contribution >= 4 is 11.6 Å². The van der Waals surface area contributed by atoms with Gasteiger partial charge in [-0.05, 0) is 24.6 Å². The fraction of sp³-hybridized carbons (Fsp3) is 0.0588. The van der Waals surface area contributed by atoms with E-state index >= 15 is 0 Å². The zero-order valence-electron chi connectivity index (χ0n) is 12.4. The topological polar surface area (TPSA) is 66.0 Å².